The maximum Gasteiger partial charge on any atom is 0.416 e. The van der Waals surface area contributed by atoms with Gasteiger partial charge in [-0.05, 0) is 64.2 Å². The molecule has 3 heterocycles. The Morgan fingerprint density at radius 2 is 2.03 bits per heavy atom. The number of alkyl halides is 3. The van der Waals surface area contributed by atoms with Gasteiger partial charge in [-0.3, -0.25) is 9.59 Å². The van der Waals surface area contributed by atoms with Crippen LogP contribution < -0.4 is 10.1 Å². The Morgan fingerprint density at radius 3 is 2.69 bits per heavy atom. The third kappa shape index (κ3) is 5.42. The van der Waals surface area contributed by atoms with E-state index in [1.165, 1.54) is 24.2 Å². The predicted molar refractivity (Wildman–Crippen MR) is 136 cm³/mol. The summed E-state index contributed by atoms with van der Waals surface area (Å²) in [7, 11) is 0. The molecule has 1 aliphatic heterocycles. The topological polar surface area (TPSA) is 120 Å². The predicted octanol–water partition coefficient (Wildman–Crippen LogP) is 3.84. The molecule has 0 unspecified atom stereocenters. The second-order valence-corrected chi connectivity index (χ2v) is 10.5. The van der Waals surface area contributed by atoms with Crippen molar-refractivity contribution in [3.05, 3.63) is 41.3 Å². The highest BCUT2D eigenvalue weighted by Gasteiger charge is 2.36. The van der Waals surface area contributed by atoms with Gasteiger partial charge in [-0.2, -0.15) is 13.2 Å². The van der Waals surface area contributed by atoms with Crippen LogP contribution in [0.5, 0.6) is 5.75 Å². The highest BCUT2D eigenvalue weighted by atomic mass is 19.4. The maximum atomic E-state index is 13.6. The minimum atomic E-state index is -4.56. The number of aromatic amines is 1. The summed E-state index contributed by atoms with van der Waals surface area (Å²) in [4.78, 5) is 38.9. The van der Waals surface area contributed by atoms with Gasteiger partial charge in [0.2, 0.25) is 0 Å². The van der Waals surface area contributed by atoms with E-state index in [9.17, 15) is 27.9 Å². The second kappa shape index (κ2) is 10.1. The van der Waals surface area contributed by atoms with Crippen molar-refractivity contribution < 1.29 is 32.6 Å². The van der Waals surface area contributed by atoms with Crippen LogP contribution in [0.1, 0.15) is 54.7 Å². The molecular weight excluding hydrogens is 515 g/mol. The smallest absolute Gasteiger partial charge is 0.416 e. The molecule has 39 heavy (non-hydrogen) atoms. The first-order chi connectivity index (χ1) is 18.4. The molecule has 1 saturated heterocycles. The lowest BCUT2D eigenvalue weighted by Gasteiger charge is -2.22. The number of aliphatic hydroxyl groups is 1. The Kier molecular flexibility index (Phi) is 7.00. The van der Waals surface area contributed by atoms with E-state index in [0.717, 1.165) is 25.0 Å². The van der Waals surface area contributed by atoms with Crippen molar-refractivity contribution in [1.29, 1.82) is 0 Å². The van der Waals surface area contributed by atoms with Gasteiger partial charge in [0.15, 0.2) is 0 Å². The summed E-state index contributed by atoms with van der Waals surface area (Å²) in [6.45, 7) is 5.58. The van der Waals surface area contributed by atoms with E-state index < -0.39 is 29.7 Å². The molecule has 1 aromatic carbocycles. The molecule has 0 radical (unpaired) electrons. The van der Waals surface area contributed by atoms with Crippen molar-refractivity contribution in [3.63, 3.8) is 0 Å². The van der Waals surface area contributed by atoms with E-state index in [-0.39, 0.29) is 46.7 Å². The zero-order valence-corrected chi connectivity index (χ0v) is 21.8. The van der Waals surface area contributed by atoms with Gasteiger partial charge in [0.1, 0.15) is 29.4 Å². The largest absolute Gasteiger partial charge is 0.493 e. The van der Waals surface area contributed by atoms with Gasteiger partial charge in [0.05, 0.1) is 23.3 Å². The number of ether oxygens (including phenoxy) is 1. The molecule has 3 aromatic rings. The molecule has 2 aromatic heterocycles. The molecule has 12 heteroatoms. The van der Waals surface area contributed by atoms with Crippen LogP contribution in [0.25, 0.3) is 22.3 Å². The van der Waals surface area contributed by atoms with E-state index in [1.807, 2.05) is 6.92 Å². The summed E-state index contributed by atoms with van der Waals surface area (Å²) in [6, 6.07) is 2.79. The number of rotatable bonds is 7. The minimum Gasteiger partial charge on any atom is -0.493 e. The Labute approximate surface area is 222 Å². The van der Waals surface area contributed by atoms with Gasteiger partial charge in [0.25, 0.3) is 11.8 Å². The maximum absolute atomic E-state index is 13.6. The Hall–Kier alpha value is -3.67. The number of halogens is 3. The van der Waals surface area contributed by atoms with Gasteiger partial charge in [-0.1, -0.05) is 0 Å². The van der Waals surface area contributed by atoms with Crippen LogP contribution in [0.15, 0.2) is 24.5 Å². The fourth-order valence-corrected chi connectivity index (χ4v) is 5.05. The summed E-state index contributed by atoms with van der Waals surface area (Å²) < 4.78 is 46.7. The van der Waals surface area contributed by atoms with Crippen molar-refractivity contribution >= 4 is 22.8 Å². The van der Waals surface area contributed by atoms with Gasteiger partial charge < -0.3 is 25.0 Å². The minimum absolute atomic E-state index is 0.156. The molecule has 1 aliphatic carbocycles. The number of aryl methyl sites for hydroxylation is 1. The summed E-state index contributed by atoms with van der Waals surface area (Å²) >= 11 is 0. The molecular formula is C27H30F3N5O4. The van der Waals surface area contributed by atoms with Crippen LogP contribution >= 0.6 is 0 Å². The van der Waals surface area contributed by atoms with Crippen LogP contribution in [0.3, 0.4) is 0 Å². The zero-order chi connectivity index (χ0) is 28.1. The van der Waals surface area contributed by atoms with Crippen molar-refractivity contribution in [1.82, 2.24) is 25.2 Å². The van der Waals surface area contributed by atoms with Gasteiger partial charge >= 0.3 is 6.18 Å². The molecule has 3 atom stereocenters. The normalized spacial score (nSPS) is 20.3. The zero-order valence-electron chi connectivity index (χ0n) is 21.8. The van der Waals surface area contributed by atoms with E-state index in [4.69, 9.17) is 4.74 Å². The number of amides is 2. The first kappa shape index (κ1) is 26.9. The molecule has 2 aliphatic rings. The number of H-pyrrole nitrogens is 1. The molecule has 208 valence electrons. The second-order valence-electron chi connectivity index (χ2n) is 10.5. The first-order valence-electron chi connectivity index (χ1n) is 12.9. The third-order valence-electron chi connectivity index (χ3n) is 7.28. The molecule has 2 amide bonds. The number of carbonyl (C=O) groups is 2. The lowest BCUT2D eigenvalue weighted by molar-refractivity contribution is -0.140. The number of fused-ring (bicyclic) bond motifs is 1. The Bertz CT molecular complexity index is 1420. The van der Waals surface area contributed by atoms with Crippen LogP contribution in [0.2, 0.25) is 0 Å². The van der Waals surface area contributed by atoms with Crippen LogP contribution in [0, 0.1) is 12.8 Å². The van der Waals surface area contributed by atoms with Crippen molar-refractivity contribution in [2.75, 3.05) is 13.2 Å². The molecule has 0 spiro atoms. The number of nitrogens with zero attached hydrogens (tertiary/aromatic N) is 3. The van der Waals surface area contributed by atoms with Crippen molar-refractivity contribution in [2.24, 2.45) is 5.92 Å². The number of likely N-dealkylation sites (tertiary alicyclic amines) is 1. The fraction of sp³-hybridized carbons (Fsp3) is 0.481. The fourth-order valence-electron chi connectivity index (χ4n) is 5.05. The monoisotopic (exact) mass is 545 g/mol. The van der Waals surface area contributed by atoms with E-state index in [0.29, 0.717) is 30.2 Å². The Morgan fingerprint density at radius 1 is 1.28 bits per heavy atom. The van der Waals surface area contributed by atoms with E-state index in [2.05, 4.69) is 20.3 Å². The van der Waals surface area contributed by atoms with Gasteiger partial charge in [-0.15, -0.1) is 0 Å². The number of aliphatic hydroxyl groups excluding tert-OH is 1. The highest BCUT2D eigenvalue weighted by molar-refractivity contribution is 6.09. The lowest BCUT2D eigenvalue weighted by atomic mass is 10.0. The number of hydrogen-bond donors (Lipinski definition) is 3. The quantitative estimate of drug-likeness (QED) is 0.415. The summed E-state index contributed by atoms with van der Waals surface area (Å²) in [5.74, 6) is -0.170. The van der Waals surface area contributed by atoms with Crippen LogP contribution in [-0.4, -0.2) is 68.1 Å². The third-order valence-corrected chi connectivity index (χ3v) is 7.28. The number of aromatic nitrogens is 3. The number of carbonyl (C=O) groups excluding carboxylic acids is 2. The molecule has 0 bridgehead atoms. The summed E-state index contributed by atoms with van der Waals surface area (Å²) in [6.07, 6.45) is -1.93. The number of hydrogen-bond acceptors (Lipinski definition) is 6. The van der Waals surface area contributed by atoms with Gasteiger partial charge in [-0.25, -0.2) is 9.97 Å². The molecule has 2 fully saturated rings. The van der Waals surface area contributed by atoms with Crippen molar-refractivity contribution in [3.8, 4) is 17.0 Å². The molecule has 3 N–H and O–H groups in total. The highest BCUT2D eigenvalue weighted by Crippen LogP contribution is 2.40. The molecule has 5 rings (SSSR count). The van der Waals surface area contributed by atoms with Gasteiger partial charge in [0, 0.05) is 29.9 Å². The van der Waals surface area contributed by atoms with Crippen LogP contribution in [-0.2, 0) is 11.0 Å². The average Bonchev–Trinajstić information content (AvgIpc) is 3.54. The molecule has 9 nitrogen and oxygen atoms in total. The standard InChI is InChI=1S/C27H30F3N5O4/c1-13-8-18(10-35(13)26(38)15(3)36)34-25(37)21-14(2)33-24-22(31-12-32-23(21)24)19-9-17(27(28,29)30)6-7-20(19)39-11-16-4-5-16/h6-7,9,12-13,15-16,18,33,36H,4-5,8,10-11H2,1-3H3,(H,34,37)/t13-,15+,18-/m1/s1. The van der Waals surface area contributed by atoms with Crippen molar-refractivity contribution in [2.45, 2.75) is 64.4 Å². The van der Waals surface area contributed by atoms with E-state index in [1.54, 1.807) is 6.92 Å². The summed E-state index contributed by atoms with van der Waals surface area (Å²) in [5, 5.41) is 12.6. The number of nitrogens with one attached hydrogen (secondary N) is 2. The Balaban J connectivity index is 1.48. The van der Waals surface area contributed by atoms with E-state index >= 15 is 0 Å². The number of benzene rings is 1. The van der Waals surface area contributed by atoms with Crippen LogP contribution in [0.4, 0.5) is 13.2 Å². The lowest BCUT2D eigenvalue weighted by Crippen LogP contribution is -2.42. The average molecular weight is 546 g/mol. The first-order valence-corrected chi connectivity index (χ1v) is 12.9. The summed E-state index contributed by atoms with van der Waals surface area (Å²) in [5.41, 5.74) is 0.819. The SMILES string of the molecule is Cc1[nH]c2c(-c3cc(C(F)(F)F)ccc3OCC3CC3)ncnc2c1C(=O)N[C@@H]1C[C@@H](C)N(C(=O)[C@H](C)O)C1. The molecule has 1 saturated carbocycles.